The van der Waals surface area contributed by atoms with E-state index in [1.165, 1.54) is 12.0 Å². The summed E-state index contributed by atoms with van der Waals surface area (Å²) in [6.07, 6.45) is 8.48. The van der Waals surface area contributed by atoms with Gasteiger partial charge in [-0.05, 0) is 24.9 Å². The third-order valence-electron chi connectivity index (χ3n) is 5.59. The van der Waals surface area contributed by atoms with Crippen molar-refractivity contribution in [1.29, 1.82) is 0 Å². The molecule has 0 spiro atoms. The van der Waals surface area contributed by atoms with Crippen molar-refractivity contribution in [2.75, 3.05) is 37.6 Å². The Morgan fingerprint density at radius 3 is 2.56 bits per heavy atom. The van der Waals surface area contributed by atoms with E-state index in [4.69, 9.17) is 0 Å². The van der Waals surface area contributed by atoms with E-state index in [-0.39, 0.29) is 6.04 Å². The van der Waals surface area contributed by atoms with E-state index >= 15 is 0 Å². The molecule has 1 aromatic heterocycles. The van der Waals surface area contributed by atoms with E-state index < -0.39 is 0 Å². The van der Waals surface area contributed by atoms with Crippen LogP contribution >= 0.6 is 0 Å². The van der Waals surface area contributed by atoms with Gasteiger partial charge in [0.15, 0.2) is 0 Å². The molecule has 2 aliphatic heterocycles. The second-order valence-corrected chi connectivity index (χ2v) is 7.34. The van der Waals surface area contributed by atoms with E-state index in [0.29, 0.717) is 5.91 Å². The van der Waals surface area contributed by atoms with Crippen molar-refractivity contribution < 1.29 is 4.79 Å². The predicted octanol–water partition coefficient (Wildman–Crippen LogP) is 2.18. The molecular formula is C21H27N5O. The summed E-state index contributed by atoms with van der Waals surface area (Å²) in [7, 11) is 0. The van der Waals surface area contributed by atoms with Gasteiger partial charge in [0.25, 0.3) is 0 Å². The third kappa shape index (κ3) is 4.27. The second-order valence-electron chi connectivity index (χ2n) is 7.34. The van der Waals surface area contributed by atoms with Gasteiger partial charge >= 0.3 is 0 Å². The molecule has 3 heterocycles. The molecule has 0 radical (unpaired) electrons. The van der Waals surface area contributed by atoms with Crippen LogP contribution in [0.4, 0.5) is 5.82 Å². The van der Waals surface area contributed by atoms with Crippen LogP contribution in [0.25, 0.3) is 0 Å². The van der Waals surface area contributed by atoms with Crippen LogP contribution in [-0.2, 0) is 11.3 Å². The van der Waals surface area contributed by atoms with Gasteiger partial charge in [-0.1, -0.05) is 36.8 Å². The lowest BCUT2D eigenvalue weighted by Crippen LogP contribution is -2.56. The molecule has 0 N–H and O–H groups in total. The number of aromatic nitrogens is 2. The van der Waals surface area contributed by atoms with Crippen LogP contribution in [0.5, 0.6) is 0 Å². The molecule has 2 saturated heterocycles. The van der Waals surface area contributed by atoms with Crippen LogP contribution in [-0.4, -0.2) is 64.4 Å². The van der Waals surface area contributed by atoms with Crippen LogP contribution in [0.15, 0.2) is 48.9 Å². The second kappa shape index (κ2) is 8.48. The van der Waals surface area contributed by atoms with Crippen molar-refractivity contribution in [3.05, 3.63) is 54.5 Å². The monoisotopic (exact) mass is 365 g/mol. The molecular weight excluding hydrogens is 338 g/mol. The molecule has 142 valence electrons. The van der Waals surface area contributed by atoms with Crippen molar-refractivity contribution >= 4 is 11.7 Å². The van der Waals surface area contributed by atoms with Crippen LogP contribution in [0.2, 0.25) is 0 Å². The molecule has 6 heteroatoms. The maximum atomic E-state index is 13.2. The van der Waals surface area contributed by atoms with Crippen molar-refractivity contribution in [1.82, 2.24) is 19.8 Å². The van der Waals surface area contributed by atoms with Crippen molar-refractivity contribution in [3.8, 4) is 0 Å². The van der Waals surface area contributed by atoms with Crippen molar-refractivity contribution in [3.63, 3.8) is 0 Å². The highest BCUT2D eigenvalue weighted by molar-refractivity contribution is 5.82. The lowest BCUT2D eigenvalue weighted by molar-refractivity contribution is -0.138. The summed E-state index contributed by atoms with van der Waals surface area (Å²) in [4.78, 5) is 28.4. The molecule has 27 heavy (non-hydrogen) atoms. The number of anilines is 1. The Hall–Kier alpha value is -2.47. The highest BCUT2D eigenvalue weighted by Crippen LogP contribution is 2.22. The summed E-state index contributed by atoms with van der Waals surface area (Å²) < 4.78 is 0. The number of amides is 1. The summed E-state index contributed by atoms with van der Waals surface area (Å²) >= 11 is 0. The molecule has 6 nitrogen and oxygen atoms in total. The summed E-state index contributed by atoms with van der Waals surface area (Å²) in [6, 6.07) is 10.5. The maximum absolute atomic E-state index is 13.2. The molecule has 4 rings (SSSR count). The van der Waals surface area contributed by atoms with E-state index in [1.54, 1.807) is 18.6 Å². The van der Waals surface area contributed by atoms with Gasteiger partial charge in [-0.25, -0.2) is 4.98 Å². The first-order valence-electron chi connectivity index (χ1n) is 9.89. The summed E-state index contributed by atoms with van der Waals surface area (Å²) in [5.41, 5.74) is 1.28. The standard InChI is InChI=1S/C21H27N5O/c27-21(25-14-12-24(13-15-25)20-16-22-9-10-23-20)19-8-4-5-11-26(19)17-18-6-2-1-3-7-18/h1-3,6-7,9-10,16,19H,4-5,8,11-15,17H2. The Morgan fingerprint density at radius 1 is 1.00 bits per heavy atom. The van der Waals surface area contributed by atoms with Crippen LogP contribution < -0.4 is 4.90 Å². The minimum absolute atomic E-state index is 0.0158. The van der Waals surface area contributed by atoms with Gasteiger partial charge < -0.3 is 9.80 Å². The van der Waals surface area contributed by atoms with Gasteiger partial charge in [0.2, 0.25) is 5.91 Å². The van der Waals surface area contributed by atoms with E-state index in [2.05, 4.69) is 44.0 Å². The number of benzene rings is 1. The highest BCUT2D eigenvalue weighted by Gasteiger charge is 2.33. The molecule has 1 unspecified atom stereocenters. The number of piperidine rings is 1. The minimum Gasteiger partial charge on any atom is -0.352 e. The fraction of sp³-hybridized carbons (Fsp3) is 0.476. The van der Waals surface area contributed by atoms with Crippen molar-refractivity contribution in [2.45, 2.75) is 31.8 Å². The number of nitrogens with zero attached hydrogens (tertiary/aromatic N) is 5. The van der Waals surface area contributed by atoms with Gasteiger partial charge in [-0.2, -0.15) is 0 Å². The number of hydrogen-bond acceptors (Lipinski definition) is 5. The maximum Gasteiger partial charge on any atom is 0.240 e. The molecule has 2 aliphatic rings. The smallest absolute Gasteiger partial charge is 0.240 e. The Labute approximate surface area is 160 Å². The average Bonchev–Trinajstić information content (AvgIpc) is 2.75. The van der Waals surface area contributed by atoms with E-state index in [9.17, 15) is 4.79 Å². The Kier molecular flexibility index (Phi) is 5.63. The summed E-state index contributed by atoms with van der Waals surface area (Å²) in [5.74, 6) is 1.19. The number of likely N-dealkylation sites (tertiary alicyclic amines) is 1. The first-order chi connectivity index (χ1) is 13.3. The molecule has 0 saturated carbocycles. The molecule has 1 aromatic carbocycles. The number of carbonyl (C=O) groups is 1. The normalized spacial score (nSPS) is 21.3. The fourth-order valence-electron chi connectivity index (χ4n) is 4.10. The molecule has 1 atom stereocenters. The quantitative estimate of drug-likeness (QED) is 0.831. The van der Waals surface area contributed by atoms with Crippen LogP contribution in [0, 0.1) is 0 Å². The largest absolute Gasteiger partial charge is 0.352 e. The molecule has 2 fully saturated rings. The zero-order valence-electron chi connectivity index (χ0n) is 15.7. The number of piperazine rings is 1. The molecule has 2 aromatic rings. The molecule has 0 bridgehead atoms. The van der Waals surface area contributed by atoms with Crippen molar-refractivity contribution in [2.24, 2.45) is 0 Å². The first-order valence-corrected chi connectivity index (χ1v) is 9.89. The topological polar surface area (TPSA) is 52.6 Å². The summed E-state index contributed by atoms with van der Waals surface area (Å²) in [5, 5.41) is 0. The zero-order valence-corrected chi connectivity index (χ0v) is 15.7. The molecule has 0 aliphatic carbocycles. The minimum atomic E-state index is 0.0158. The fourth-order valence-corrected chi connectivity index (χ4v) is 4.10. The number of carbonyl (C=O) groups excluding carboxylic acids is 1. The lowest BCUT2D eigenvalue weighted by atomic mass is 9.99. The molecule has 1 amide bonds. The Balaban J connectivity index is 1.37. The highest BCUT2D eigenvalue weighted by atomic mass is 16.2. The average molecular weight is 365 g/mol. The van der Waals surface area contributed by atoms with Crippen LogP contribution in [0.1, 0.15) is 24.8 Å². The predicted molar refractivity (Wildman–Crippen MR) is 105 cm³/mol. The third-order valence-corrected chi connectivity index (χ3v) is 5.59. The SMILES string of the molecule is O=C(C1CCCCN1Cc1ccccc1)N1CCN(c2cnccn2)CC1. The van der Waals surface area contributed by atoms with E-state index in [0.717, 1.165) is 57.9 Å². The number of rotatable bonds is 4. The summed E-state index contributed by atoms with van der Waals surface area (Å²) in [6.45, 7) is 5.00. The Bertz CT molecular complexity index is 731. The van der Waals surface area contributed by atoms with E-state index in [1.807, 2.05) is 11.0 Å². The Morgan fingerprint density at radius 2 is 1.81 bits per heavy atom. The van der Waals surface area contributed by atoms with Gasteiger partial charge in [-0.15, -0.1) is 0 Å². The zero-order chi connectivity index (χ0) is 18.5. The van der Waals surface area contributed by atoms with Gasteiger partial charge in [0.05, 0.1) is 12.2 Å². The van der Waals surface area contributed by atoms with Gasteiger partial charge in [-0.3, -0.25) is 14.7 Å². The lowest BCUT2D eigenvalue weighted by Gasteiger charge is -2.41. The van der Waals surface area contributed by atoms with Gasteiger partial charge in [0, 0.05) is 45.1 Å². The number of hydrogen-bond donors (Lipinski definition) is 0. The van der Waals surface area contributed by atoms with Crippen LogP contribution in [0.3, 0.4) is 0 Å². The first kappa shape index (κ1) is 17.9. The van der Waals surface area contributed by atoms with Gasteiger partial charge in [0.1, 0.15) is 5.82 Å².